The highest BCUT2D eigenvalue weighted by molar-refractivity contribution is 6.31. The maximum atomic E-state index is 14.5. The molecule has 1 saturated heterocycles. The number of nitrogens with zero attached hydrogens (tertiary/aromatic N) is 1. The van der Waals surface area contributed by atoms with E-state index in [0.29, 0.717) is 29.6 Å². The fraction of sp³-hybridized carbons (Fsp3) is 0.545. The van der Waals surface area contributed by atoms with Crippen LogP contribution >= 0.6 is 11.6 Å². The molecule has 1 amide bonds. The lowest BCUT2D eigenvalue weighted by Gasteiger charge is -2.37. The van der Waals surface area contributed by atoms with Crippen molar-refractivity contribution in [3.63, 3.8) is 0 Å². The van der Waals surface area contributed by atoms with E-state index in [1.54, 1.807) is 0 Å². The molecule has 3 aromatic rings. The molecule has 1 unspecified atom stereocenters. The number of esters is 1. The number of rotatable bonds is 14. The molecule has 3 atom stereocenters. The first-order chi connectivity index (χ1) is 24.8. The molecular formula is C44H60ClN3O3. The van der Waals surface area contributed by atoms with Crippen LogP contribution in [0.15, 0.2) is 78.9 Å². The number of likely N-dealkylation sites (tertiary alicyclic amines) is 1. The molecule has 1 heterocycles. The Bertz CT molecular complexity index is 1500. The van der Waals surface area contributed by atoms with Gasteiger partial charge in [0, 0.05) is 28.3 Å². The van der Waals surface area contributed by atoms with Gasteiger partial charge in [-0.1, -0.05) is 150 Å². The maximum Gasteiger partial charge on any atom is 0.309 e. The predicted octanol–water partition coefficient (Wildman–Crippen LogP) is 9.39. The maximum absolute atomic E-state index is 14.5. The number of carbonyl (C=O) groups excluding carboxylic acids is 2. The van der Waals surface area contributed by atoms with Crippen LogP contribution in [0.2, 0.25) is 5.02 Å². The van der Waals surface area contributed by atoms with Gasteiger partial charge in [0.25, 0.3) is 0 Å². The van der Waals surface area contributed by atoms with E-state index in [0.717, 1.165) is 37.1 Å². The Morgan fingerprint density at radius 3 is 2.00 bits per heavy atom. The molecular weight excluding hydrogens is 654 g/mol. The Morgan fingerprint density at radius 1 is 0.804 bits per heavy atom. The lowest BCUT2D eigenvalue weighted by molar-refractivity contribution is -0.154. The number of amides is 1. The van der Waals surface area contributed by atoms with Crippen LogP contribution in [0.5, 0.6) is 0 Å². The van der Waals surface area contributed by atoms with Crippen molar-refractivity contribution in [2.24, 2.45) is 5.92 Å². The molecule has 51 heavy (non-hydrogen) atoms. The third kappa shape index (κ3) is 10.5. The van der Waals surface area contributed by atoms with Crippen LogP contribution in [0, 0.1) is 5.92 Å². The van der Waals surface area contributed by atoms with Gasteiger partial charge in [0.05, 0.1) is 18.5 Å². The zero-order chi connectivity index (χ0) is 36.1. The Hall–Kier alpha value is -3.19. The summed E-state index contributed by atoms with van der Waals surface area (Å²) in [6.07, 6.45) is 13.9. The quantitative estimate of drug-likeness (QED) is 0.129. The normalized spacial score (nSPS) is 18.8. The van der Waals surface area contributed by atoms with Gasteiger partial charge in [-0.3, -0.25) is 9.59 Å². The van der Waals surface area contributed by atoms with Gasteiger partial charge in [0.2, 0.25) is 5.91 Å². The largest absolute Gasteiger partial charge is 0.444 e. The summed E-state index contributed by atoms with van der Waals surface area (Å²) >= 11 is 7.03. The van der Waals surface area contributed by atoms with Crippen LogP contribution < -0.4 is 10.6 Å². The van der Waals surface area contributed by atoms with Gasteiger partial charge in [0.15, 0.2) is 5.60 Å². The van der Waals surface area contributed by atoms with Crippen molar-refractivity contribution in [2.75, 3.05) is 26.2 Å². The fourth-order valence-electron chi connectivity index (χ4n) is 8.20. The van der Waals surface area contributed by atoms with Crippen LogP contribution in [0.1, 0.15) is 126 Å². The van der Waals surface area contributed by atoms with Crippen molar-refractivity contribution in [2.45, 2.75) is 121 Å². The zero-order valence-electron chi connectivity index (χ0n) is 31.2. The molecule has 2 N–H and O–H groups in total. The van der Waals surface area contributed by atoms with E-state index >= 15 is 0 Å². The Balaban J connectivity index is 1.50. The van der Waals surface area contributed by atoms with Crippen LogP contribution in [-0.4, -0.2) is 55.0 Å². The average Bonchev–Trinajstić information content (AvgIpc) is 3.65. The second kappa shape index (κ2) is 19.6. The molecule has 0 aromatic heterocycles. The summed E-state index contributed by atoms with van der Waals surface area (Å²) in [5, 5.41) is 7.10. The topological polar surface area (TPSA) is 70.7 Å². The van der Waals surface area contributed by atoms with Crippen LogP contribution in [0.3, 0.4) is 0 Å². The molecule has 1 aliphatic heterocycles. The van der Waals surface area contributed by atoms with Gasteiger partial charge < -0.3 is 20.3 Å². The summed E-state index contributed by atoms with van der Waals surface area (Å²) in [5.74, 6) is 0.164. The SMILES string of the molecule is CCN[C@H](C(=O)N[C@@H](CC(=O)OC(c1ccccc1)(c1ccc(C2CCCCCCCCC2)cc1)c1ccccc1Cl)CN1CCCC1)C(C)C. The van der Waals surface area contributed by atoms with Crippen molar-refractivity contribution in [3.05, 3.63) is 106 Å². The van der Waals surface area contributed by atoms with Crippen molar-refractivity contribution in [1.29, 1.82) is 0 Å². The van der Waals surface area contributed by atoms with Gasteiger partial charge in [-0.15, -0.1) is 0 Å². The minimum Gasteiger partial charge on any atom is -0.444 e. The first kappa shape index (κ1) is 39.0. The molecule has 0 spiro atoms. The monoisotopic (exact) mass is 713 g/mol. The van der Waals surface area contributed by atoms with E-state index in [-0.39, 0.29) is 30.3 Å². The lowest BCUT2D eigenvalue weighted by atomic mass is 9.78. The lowest BCUT2D eigenvalue weighted by Crippen LogP contribution is -2.53. The highest BCUT2D eigenvalue weighted by atomic mass is 35.5. The first-order valence-electron chi connectivity index (χ1n) is 19.7. The molecule has 0 radical (unpaired) electrons. The number of hydrogen-bond donors (Lipinski definition) is 2. The number of ether oxygens (including phenoxy) is 1. The van der Waals surface area contributed by atoms with Crippen molar-refractivity contribution < 1.29 is 14.3 Å². The molecule has 3 aromatic carbocycles. The van der Waals surface area contributed by atoms with Crippen LogP contribution in [0.4, 0.5) is 0 Å². The highest BCUT2D eigenvalue weighted by Crippen LogP contribution is 2.44. The Kier molecular flexibility index (Phi) is 15.0. The summed E-state index contributed by atoms with van der Waals surface area (Å²) in [4.78, 5) is 30.4. The Morgan fingerprint density at radius 2 is 1.39 bits per heavy atom. The van der Waals surface area contributed by atoms with Crippen molar-refractivity contribution >= 4 is 23.5 Å². The number of carbonyl (C=O) groups is 2. The van der Waals surface area contributed by atoms with Crippen molar-refractivity contribution in [1.82, 2.24) is 15.5 Å². The molecule has 0 bridgehead atoms. The highest BCUT2D eigenvalue weighted by Gasteiger charge is 2.43. The van der Waals surface area contributed by atoms with Gasteiger partial charge in [-0.25, -0.2) is 0 Å². The second-order valence-corrected chi connectivity index (χ2v) is 15.5. The van der Waals surface area contributed by atoms with Crippen LogP contribution in [-0.2, 0) is 19.9 Å². The summed E-state index contributed by atoms with van der Waals surface area (Å²) in [6.45, 7) is 9.29. The molecule has 6 nitrogen and oxygen atoms in total. The van der Waals surface area contributed by atoms with E-state index in [2.05, 4.69) is 39.8 Å². The van der Waals surface area contributed by atoms with Gasteiger partial charge in [0.1, 0.15) is 0 Å². The minimum atomic E-state index is -1.29. The molecule has 1 saturated carbocycles. The standard InChI is InChI=1S/C44H60ClN3O3/c1-4-46-42(33(2)3)43(50)47-38(32-48-29-17-18-30-48)31-41(49)51-44(36-21-13-10-14-22-36,39-23-15-16-24-40(39)45)37-27-25-35(26-28-37)34-19-11-8-6-5-7-9-12-20-34/h10,13-16,21-28,33-34,38,42,46H,4-9,11-12,17-20,29-32H2,1-3H3,(H,47,50)/t38-,42-,44?/m0/s1. The van der Waals surface area contributed by atoms with E-state index in [1.165, 1.54) is 63.4 Å². The summed E-state index contributed by atoms with van der Waals surface area (Å²) in [7, 11) is 0. The van der Waals surface area contributed by atoms with Gasteiger partial charge >= 0.3 is 5.97 Å². The van der Waals surface area contributed by atoms with E-state index in [1.807, 2.05) is 75.4 Å². The number of nitrogens with one attached hydrogen (secondary N) is 2. The van der Waals surface area contributed by atoms with Gasteiger partial charge in [-0.2, -0.15) is 0 Å². The zero-order valence-corrected chi connectivity index (χ0v) is 31.9. The third-order valence-corrected chi connectivity index (χ3v) is 11.2. The molecule has 7 heteroatoms. The fourth-order valence-corrected chi connectivity index (χ4v) is 8.47. The number of hydrogen-bond acceptors (Lipinski definition) is 5. The van der Waals surface area contributed by atoms with Crippen LogP contribution in [0.25, 0.3) is 0 Å². The molecule has 276 valence electrons. The predicted molar refractivity (Wildman–Crippen MR) is 209 cm³/mol. The smallest absolute Gasteiger partial charge is 0.309 e. The third-order valence-electron chi connectivity index (χ3n) is 10.9. The molecule has 2 fully saturated rings. The molecule has 5 rings (SSSR count). The second-order valence-electron chi connectivity index (χ2n) is 15.1. The first-order valence-corrected chi connectivity index (χ1v) is 20.1. The minimum absolute atomic E-state index is 0.0401. The average molecular weight is 714 g/mol. The number of likely N-dealkylation sites (N-methyl/N-ethyl adjacent to an activating group) is 1. The number of halogens is 1. The van der Waals surface area contributed by atoms with E-state index < -0.39 is 11.6 Å². The summed E-state index contributed by atoms with van der Waals surface area (Å²) in [5.41, 5.74) is 2.44. The Labute approximate surface area is 312 Å². The summed E-state index contributed by atoms with van der Waals surface area (Å²) in [6, 6.07) is 25.7. The van der Waals surface area contributed by atoms with Crippen molar-refractivity contribution in [3.8, 4) is 0 Å². The van der Waals surface area contributed by atoms with E-state index in [4.69, 9.17) is 16.3 Å². The summed E-state index contributed by atoms with van der Waals surface area (Å²) < 4.78 is 6.85. The molecule has 1 aliphatic carbocycles. The molecule has 2 aliphatic rings. The van der Waals surface area contributed by atoms with Gasteiger partial charge in [-0.05, 0) is 68.8 Å². The van der Waals surface area contributed by atoms with E-state index in [9.17, 15) is 9.59 Å². The number of benzene rings is 3.